The summed E-state index contributed by atoms with van der Waals surface area (Å²) in [5.41, 5.74) is 4.74. The van der Waals surface area contributed by atoms with Crippen molar-refractivity contribution in [1.82, 2.24) is 10.9 Å². The van der Waals surface area contributed by atoms with Crippen molar-refractivity contribution in [2.45, 2.75) is 56.8 Å². The van der Waals surface area contributed by atoms with Crippen LogP contribution in [-0.4, -0.2) is 36.8 Å². The highest BCUT2D eigenvalue weighted by Crippen LogP contribution is 2.27. The largest absolute Gasteiger partial charge is 0.382 e. The number of nitrogens with one attached hydrogen (secondary N) is 2. The van der Waals surface area contributed by atoms with E-state index < -0.39 is 38.3 Å². The van der Waals surface area contributed by atoms with Gasteiger partial charge < -0.3 is 4.84 Å². The number of halogens is 1. The fourth-order valence-electron chi connectivity index (χ4n) is 2.34. The Hall–Kier alpha value is -2.49. The van der Waals surface area contributed by atoms with E-state index in [2.05, 4.69) is 16.0 Å². The maximum atomic E-state index is 13.0. The summed E-state index contributed by atoms with van der Waals surface area (Å²) in [6, 6.07) is 4.14. The second kappa shape index (κ2) is 7.50. The number of sulfone groups is 1. The van der Waals surface area contributed by atoms with E-state index in [4.69, 9.17) is 4.84 Å². The number of benzene rings is 1. The highest BCUT2D eigenvalue weighted by molar-refractivity contribution is 7.93. The summed E-state index contributed by atoms with van der Waals surface area (Å²) in [5.74, 6) is -2.19. The zero-order valence-electron chi connectivity index (χ0n) is 16.4. The van der Waals surface area contributed by atoms with Crippen LogP contribution >= 0.6 is 0 Å². The molecule has 28 heavy (non-hydrogen) atoms. The lowest BCUT2D eigenvalue weighted by atomic mass is 9.87. The van der Waals surface area contributed by atoms with E-state index in [9.17, 15) is 22.4 Å². The van der Waals surface area contributed by atoms with Gasteiger partial charge in [0, 0.05) is 11.8 Å². The maximum absolute atomic E-state index is 13.0. The predicted octanol–water partition coefficient (Wildman–Crippen LogP) is 1.72. The number of rotatable bonds is 4. The Kier molecular flexibility index (Phi) is 5.84. The van der Waals surface area contributed by atoms with Gasteiger partial charge in [-0.3, -0.25) is 20.4 Å². The van der Waals surface area contributed by atoms with Gasteiger partial charge in [-0.25, -0.2) is 12.8 Å². The normalized spacial score (nSPS) is 17.5. The number of oxime groups is 1. The van der Waals surface area contributed by atoms with E-state index in [0.29, 0.717) is 5.71 Å². The van der Waals surface area contributed by atoms with Crippen molar-refractivity contribution in [3.8, 4) is 0 Å². The summed E-state index contributed by atoms with van der Waals surface area (Å²) in [4.78, 5) is 29.5. The third kappa shape index (κ3) is 4.32. The number of nitrogens with zero attached hydrogens (tertiary/aromatic N) is 1. The van der Waals surface area contributed by atoms with Gasteiger partial charge in [0.15, 0.2) is 14.6 Å². The second-order valence-electron chi connectivity index (χ2n) is 8.00. The summed E-state index contributed by atoms with van der Waals surface area (Å²) in [5, 5.41) is 3.89. The quantitative estimate of drug-likeness (QED) is 0.576. The predicted molar refractivity (Wildman–Crippen MR) is 100 cm³/mol. The number of carbonyl (C=O) groups is 2. The first-order valence-electron chi connectivity index (χ1n) is 8.60. The van der Waals surface area contributed by atoms with Crippen molar-refractivity contribution in [3.05, 3.63) is 30.1 Å². The molecule has 1 atom stereocenters. The average molecular weight is 413 g/mol. The van der Waals surface area contributed by atoms with Crippen molar-refractivity contribution in [3.63, 3.8) is 0 Å². The van der Waals surface area contributed by atoms with Gasteiger partial charge in [-0.05, 0) is 38.1 Å². The van der Waals surface area contributed by atoms with E-state index in [0.717, 1.165) is 24.3 Å². The van der Waals surface area contributed by atoms with E-state index in [-0.39, 0.29) is 16.7 Å². The third-order valence-electron chi connectivity index (χ3n) is 4.47. The Bertz CT molecular complexity index is 902. The molecular weight excluding hydrogens is 389 g/mol. The van der Waals surface area contributed by atoms with E-state index in [1.165, 1.54) is 13.8 Å². The molecule has 0 saturated carbocycles. The third-order valence-corrected chi connectivity index (χ3v) is 6.89. The Labute approximate surface area is 163 Å². The number of amides is 2. The summed E-state index contributed by atoms with van der Waals surface area (Å²) in [6.45, 7) is 8.18. The summed E-state index contributed by atoms with van der Waals surface area (Å²) < 4.78 is 36.6. The molecule has 1 unspecified atom stereocenters. The number of hydrogen-bond donors (Lipinski definition) is 2. The van der Waals surface area contributed by atoms with E-state index in [1.54, 1.807) is 0 Å². The van der Waals surface area contributed by atoms with Gasteiger partial charge in [0.1, 0.15) is 5.82 Å². The molecule has 1 aromatic rings. The summed E-state index contributed by atoms with van der Waals surface area (Å²) in [6.07, 6.45) is -0.644. The Balaban J connectivity index is 2.02. The Morgan fingerprint density at radius 2 is 1.68 bits per heavy atom. The maximum Gasteiger partial charge on any atom is 0.282 e. The molecule has 8 nitrogen and oxygen atoms in total. The number of carbonyl (C=O) groups excluding carboxylic acids is 2. The monoisotopic (exact) mass is 413 g/mol. The minimum atomic E-state index is -4.13. The van der Waals surface area contributed by atoms with Crippen LogP contribution < -0.4 is 10.9 Å². The van der Waals surface area contributed by atoms with Crippen LogP contribution in [-0.2, 0) is 24.3 Å². The standard InChI is InChI=1S/C18H24FN3O5S/c1-17(2,3)14-10-13(27-22-14)15(23)20-21-16(24)18(4,5)28(25,26)12-8-6-11(19)7-9-12/h6-9,13H,10H2,1-5H3,(H,20,23)(H,21,24). The van der Waals surface area contributed by atoms with Crippen molar-refractivity contribution in [1.29, 1.82) is 0 Å². The molecule has 0 aliphatic carbocycles. The SMILES string of the molecule is CC(C)(C)C1=NOC(C(=O)NNC(=O)C(C)(C)S(=O)(=O)c2ccc(F)cc2)C1. The van der Waals surface area contributed by atoms with E-state index in [1.807, 2.05) is 20.8 Å². The van der Waals surface area contributed by atoms with Crippen molar-refractivity contribution in [2.75, 3.05) is 0 Å². The zero-order valence-corrected chi connectivity index (χ0v) is 17.2. The molecule has 154 valence electrons. The lowest BCUT2D eigenvalue weighted by Crippen LogP contribution is -2.55. The van der Waals surface area contributed by atoms with Crippen LogP contribution in [0.2, 0.25) is 0 Å². The molecule has 2 amide bonds. The molecule has 2 rings (SSSR count). The molecule has 0 saturated heterocycles. The fourth-order valence-corrected chi connectivity index (χ4v) is 3.72. The molecular formula is C18H24FN3O5S. The first-order chi connectivity index (χ1) is 12.8. The van der Waals surface area contributed by atoms with Gasteiger partial charge in [-0.2, -0.15) is 0 Å². The van der Waals surface area contributed by atoms with Crippen molar-refractivity contribution >= 4 is 27.4 Å². The van der Waals surface area contributed by atoms with Crippen LogP contribution in [0.4, 0.5) is 4.39 Å². The molecule has 1 heterocycles. The lowest BCUT2D eigenvalue weighted by molar-refractivity contribution is -0.136. The number of hydrogen-bond acceptors (Lipinski definition) is 6. The summed E-state index contributed by atoms with van der Waals surface area (Å²) >= 11 is 0. The molecule has 0 aromatic heterocycles. The fraction of sp³-hybridized carbons (Fsp3) is 0.500. The van der Waals surface area contributed by atoms with Gasteiger partial charge in [-0.15, -0.1) is 0 Å². The van der Waals surface area contributed by atoms with Crippen molar-refractivity contribution in [2.24, 2.45) is 10.6 Å². The highest BCUT2D eigenvalue weighted by Gasteiger charge is 2.43. The van der Waals surface area contributed by atoms with Gasteiger partial charge in [0.05, 0.1) is 10.6 Å². The van der Waals surface area contributed by atoms with Gasteiger partial charge in [0.25, 0.3) is 11.8 Å². The molecule has 10 heteroatoms. The minimum absolute atomic E-state index is 0.206. The van der Waals surface area contributed by atoms with Crippen LogP contribution in [0.3, 0.4) is 0 Å². The van der Waals surface area contributed by atoms with Crippen LogP contribution in [0, 0.1) is 11.2 Å². The van der Waals surface area contributed by atoms with Crippen LogP contribution in [0.15, 0.2) is 34.3 Å². The molecule has 0 fully saturated rings. The molecule has 1 aromatic carbocycles. The number of hydrazine groups is 1. The van der Waals surface area contributed by atoms with Gasteiger partial charge in [0.2, 0.25) is 6.10 Å². The van der Waals surface area contributed by atoms with Crippen LogP contribution in [0.5, 0.6) is 0 Å². The summed E-state index contributed by atoms with van der Waals surface area (Å²) in [7, 11) is -4.13. The molecule has 0 spiro atoms. The highest BCUT2D eigenvalue weighted by atomic mass is 32.2. The van der Waals surface area contributed by atoms with Crippen LogP contribution in [0.25, 0.3) is 0 Å². The molecule has 0 bridgehead atoms. The Morgan fingerprint density at radius 1 is 1.11 bits per heavy atom. The van der Waals surface area contributed by atoms with Gasteiger partial charge >= 0.3 is 0 Å². The lowest BCUT2D eigenvalue weighted by Gasteiger charge is -2.24. The first-order valence-corrected chi connectivity index (χ1v) is 10.1. The molecule has 1 aliphatic heterocycles. The smallest absolute Gasteiger partial charge is 0.282 e. The zero-order chi connectivity index (χ0) is 21.3. The molecule has 1 aliphatic rings. The van der Waals surface area contributed by atoms with Crippen molar-refractivity contribution < 1.29 is 27.2 Å². The second-order valence-corrected chi connectivity index (χ2v) is 10.5. The van der Waals surface area contributed by atoms with Crippen LogP contribution in [0.1, 0.15) is 41.0 Å². The average Bonchev–Trinajstić information content (AvgIpc) is 3.10. The topological polar surface area (TPSA) is 114 Å². The Morgan fingerprint density at radius 3 is 2.18 bits per heavy atom. The van der Waals surface area contributed by atoms with E-state index >= 15 is 0 Å². The molecule has 2 N–H and O–H groups in total. The minimum Gasteiger partial charge on any atom is -0.382 e. The first kappa shape index (κ1) is 21.8. The van der Waals surface area contributed by atoms with Gasteiger partial charge in [-0.1, -0.05) is 25.9 Å². The molecule has 0 radical (unpaired) electrons.